The van der Waals surface area contributed by atoms with Crippen LogP contribution >= 0.6 is 11.3 Å². The van der Waals surface area contributed by atoms with Crippen LogP contribution < -0.4 is 4.90 Å². The molecule has 0 bridgehead atoms. The molecule has 1 atom stereocenters. The summed E-state index contributed by atoms with van der Waals surface area (Å²) in [5, 5.41) is 10.4. The van der Waals surface area contributed by atoms with Gasteiger partial charge in [0.15, 0.2) is 5.13 Å². The summed E-state index contributed by atoms with van der Waals surface area (Å²) < 4.78 is 0. The zero-order valence-electron chi connectivity index (χ0n) is 10.8. The van der Waals surface area contributed by atoms with Crippen LogP contribution in [0.4, 0.5) is 5.13 Å². The number of aliphatic hydroxyl groups is 1. The van der Waals surface area contributed by atoms with Gasteiger partial charge in [-0.3, -0.25) is 0 Å². The number of aromatic nitrogens is 1. The molecule has 3 nitrogen and oxygen atoms in total. The molecule has 1 saturated heterocycles. The van der Waals surface area contributed by atoms with Crippen LogP contribution in [0.2, 0.25) is 0 Å². The van der Waals surface area contributed by atoms with E-state index in [0.717, 1.165) is 41.1 Å². The zero-order chi connectivity index (χ0) is 12.3. The summed E-state index contributed by atoms with van der Waals surface area (Å²) in [4.78, 5) is 8.11. The normalized spacial score (nSPS) is 21.6. The molecule has 2 heterocycles. The van der Waals surface area contributed by atoms with E-state index < -0.39 is 0 Å². The van der Waals surface area contributed by atoms with Gasteiger partial charge in [-0.15, -0.1) is 0 Å². The molecule has 1 aromatic heterocycles. The third kappa shape index (κ3) is 2.99. The molecule has 1 aliphatic rings. The lowest BCUT2D eigenvalue weighted by Crippen LogP contribution is -2.23. The number of aryl methyl sites for hydroxylation is 1. The monoisotopic (exact) mass is 254 g/mol. The second kappa shape index (κ2) is 5.83. The van der Waals surface area contributed by atoms with Gasteiger partial charge in [-0.2, -0.15) is 0 Å². The Hall–Kier alpha value is -0.610. The van der Waals surface area contributed by atoms with Crippen molar-refractivity contribution in [3.63, 3.8) is 0 Å². The molecule has 1 fully saturated rings. The first-order valence-corrected chi connectivity index (χ1v) is 7.40. The second-order valence-corrected chi connectivity index (χ2v) is 5.96. The van der Waals surface area contributed by atoms with Gasteiger partial charge in [0.2, 0.25) is 0 Å². The van der Waals surface area contributed by atoms with Crippen molar-refractivity contribution in [1.29, 1.82) is 0 Å². The van der Waals surface area contributed by atoms with Crippen molar-refractivity contribution in [3.05, 3.63) is 10.6 Å². The molecule has 0 radical (unpaired) electrons. The van der Waals surface area contributed by atoms with E-state index in [-0.39, 0.29) is 6.61 Å². The highest BCUT2D eigenvalue weighted by atomic mass is 32.1. The molecule has 1 unspecified atom stereocenters. The Balaban J connectivity index is 2.12. The van der Waals surface area contributed by atoms with Crippen molar-refractivity contribution in [2.45, 2.75) is 46.1 Å². The smallest absolute Gasteiger partial charge is 0.185 e. The third-order valence-corrected chi connectivity index (χ3v) is 4.68. The summed E-state index contributed by atoms with van der Waals surface area (Å²) in [5.74, 6) is 0.836. The van der Waals surface area contributed by atoms with Gasteiger partial charge in [-0.1, -0.05) is 25.2 Å². The third-order valence-electron chi connectivity index (χ3n) is 3.53. The van der Waals surface area contributed by atoms with E-state index in [1.54, 1.807) is 11.3 Å². The van der Waals surface area contributed by atoms with Gasteiger partial charge in [0.1, 0.15) is 0 Å². The van der Waals surface area contributed by atoms with Crippen LogP contribution in [0.1, 0.15) is 43.7 Å². The number of hydrogen-bond donors (Lipinski definition) is 1. The van der Waals surface area contributed by atoms with Gasteiger partial charge < -0.3 is 10.0 Å². The van der Waals surface area contributed by atoms with Crippen LogP contribution in [0.5, 0.6) is 0 Å². The number of aliphatic hydroxyl groups excluding tert-OH is 1. The molecule has 2 rings (SSSR count). The standard InChI is InChI=1S/C13H22N2OS/c1-3-11-12(9-16)17-13(14-11)15-7-4-5-10(2)6-8-15/h10,16H,3-9H2,1-2H3. The molecule has 17 heavy (non-hydrogen) atoms. The Kier molecular flexibility index (Phi) is 4.40. The topological polar surface area (TPSA) is 36.4 Å². The molecular weight excluding hydrogens is 232 g/mol. The van der Waals surface area contributed by atoms with Gasteiger partial charge in [-0.25, -0.2) is 4.98 Å². The Labute approximate surface area is 107 Å². The van der Waals surface area contributed by atoms with E-state index in [1.807, 2.05) is 0 Å². The maximum atomic E-state index is 9.31. The molecule has 4 heteroatoms. The Morgan fingerprint density at radius 1 is 1.41 bits per heavy atom. The van der Waals surface area contributed by atoms with Crippen LogP contribution in [0, 0.1) is 5.92 Å². The molecule has 0 aliphatic carbocycles. The van der Waals surface area contributed by atoms with E-state index in [4.69, 9.17) is 0 Å². The fraction of sp³-hybridized carbons (Fsp3) is 0.769. The first kappa shape index (κ1) is 12.8. The summed E-state index contributed by atoms with van der Waals surface area (Å²) in [6.07, 6.45) is 4.76. The van der Waals surface area contributed by atoms with Gasteiger partial charge in [-0.05, 0) is 31.6 Å². The molecule has 0 saturated carbocycles. The van der Waals surface area contributed by atoms with Crippen molar-refractivity contribution >= 4 is 16.5 Å². The maximum absolute atomic E-state index is 9.31. The first-order chi connectivity index (χ1) is 8.24. The number of hydrogen-bond acceptors (Lipinski definition) is 4. The number of anilines is 1. The summed E-state index contributed by atoms with van der Waals surface area (Å²) in [5.41, 5.74) is 1.07. The van der Waals surface area contributed by atoms with Crippen LogP contribution in [-0.4, -0.2) is 23.2 Å². The average molecular weight is 254 g/mol. The van der Waals surface area contributed by atoms with E-state index in [0.29, 0.717) is 0 Å². The first-order valence-electron chi connectivity index (χ1n) is 6.59. The molecule has 1 aliphatic heterocycles. The number of nitrogens with zero attached hydrogens (tertiary/aromatic N) is 2. The molecule has 0 amide bonds. The average Bonchev–Trinajstić information content (AvgIpc) is 2.64. The molecule has 96 valence electrons. The minimum absolute atomic E-state index is 0.130. The van der Waals surface area contributed by atoms with Crippen molar-refractivity contribution < 1.29 is 5.11 Å². The number of rotatable bonds is 3. The predicted octanol–water partition coefficient (Wildman–Crippen LogP) is 2.82. The minimum atomic E-state index is 0.130. The molecule has 0 aromatic carbocycles. The Bertz CT molecular complexity index is 343. The van der Waals surface area contributed by atoms with Crippen LogP contribution in [0.15, 0.2) is 0 Å². The summed E-state index contributed by atoms with van der Waals surface area (Å²) in [7, 11) is 0. The molecular formula is C13H22N2OS. The van der Waals surface area contributed by atoms with Gasteiger partial charge in [0.05, 0.1) is 17.2 Å². The van der Waals surface area contributed by atoms with Crippen LogP contribution in [-0.2, 0) is 13.0 Å². The number of thiazole rings is 1. The highest BCUT2D eigenvalue weighted by molar-refractivity contribution is 7.15. The van der Waals surface area contributed by atoms with Gasteiger partial charge in [0, 0.05) is 13.1 Å². The summed E-state index contributed by atoms with van der Waals surface area (Å²) in [6, 6.07) is 0. The van der Waals surface area contributed by atoms with Crippen molar-refractivity contribution in [2.24, 2.45) is 5.92 Å². The quantitative estimate of drug-likeness (QED) is 0.901. The van der Waals surface area contributed by atoms with E-state index >= 15 is 0 Å². The van der Waals surface area contributed by atoms with E-state index in [1.165, 1.54) is 19.3 Å². The SMILES string of the molecule is CCc1nc(N2CCCC(C)CC2)sc1CO. The fourth-order valence-electron chi connectivity index (χ4n) is 2.36. The predicted molar refractivity (Wildman–Crippen MR) is 72.6 cm³/mol. The zero-order valence-corrected chi connectivity index (χ0v) is 11.6. The summed E-state index contributed by atoms with van der Waals surface area (Å²) >= 11 is 1.67. The Morgan fingerprint density at radius 3 is 2.88 bits per heavy atom. The fourth-order valence-corrected chi connectivity index (χ4v) is 3.42. The lowest BCUT2D eigenvalue weighted by Gasteiger charge is -2.18. The second-order valence-electron chi connectivity index (χ2n) is 4.90. The highest BCUT2D eigenvalue weighted by Gasteiger charge is 2.18. The van der Waals surface area contributed by atoms with Gasteiger partial charge in [0.25, 0.3) is 0 Å². The highest BCUT2D eigenvalue weighted by Crippen LogP contribution is 2.29. The molecule has 1 aromatic rings. The Morgan fingerprint density at radius 2 is 2.24 bits per heavy atom. The van der Waals surface area contributed by atoms with Gasteiger partial charge >= 0.3 is 0 Å². The van der Waals surface area contributed by atoms with Crippen molar-refractivity contribution in [3.8, 4) is 0 Å². The van der Waals surface area contributed by atoms with Crippen LogP contribution in [0.3, 0.4) is 0 Å². The molecule has 0 spiro atoms. The summed E-state index contributed by atoms with van der Waals surface area (Å²) in [6.45, 7) is 6.80. The maximum Gasteiger partial charge on any atom is 0.185 e. The van der Waals surface area contributed by atoms with Crippen molar-refractivity contribution in [1.82, 2.24) is 4.98 Å². The molecule has 1 N–H and O–H groups in total. The lowest BCUT2D eigenvalue weighted by atomic mass is 10.0. The van der Waals surface area contributed by atoms with E-state index in [9.17, 15) is 5.11 Å². The van der Waals surface area contributed by atoms with Crippen molar-refractivity contribution in [2.75, 3.05) is 18.0 Å². The van der Waals surface area contributed by atoms with E-state index in [2.05, 4.69) is 23.7 Å². The largest absolute Gasteiger partial charge is 0.391 e. The van der Waals surface area contributed by atoms with Crippen LogP contribution in [0.25, 0.3) is 0 Å². The lowest BCUT2D eigenvalue weighted by molar-refractivity contribution is 0.284. The minimum Gasteiger partial charge on any atom is -0.391 e.